The van der Waals surface area contributed by atoms with Crippen LogP contribution in [0.5, 0.6) is 11.8 Å². The summed E-state index contributed by atoms with van der Waals surface area (Å²) in [5.74, 6) is 0.528. The maximum absolute atomic E-state index is 13.1. The molecule has 1 atom stereocenters. The van der Waals surface area contributed by atoms with Crippen LogP contribution in [-0.2, 0) is 9.09 Å². The fraction of sp³-hybridized carbons (Fsp3) is 0.231. The van der Waals surface area contributed by atoms with Crippen LogP contribution in [0.1, 0.15) is 0 Å². The first-order valence-electron chi connectivity index (χ1n) is 5.83. The highest BCUT2D eigenvalue weighted by molar-refractivity contribution is 7.73. The van der Waals surface area contributed by atoms with E-state index in [4.69, 9.17) is 14.0 Å². The molecule has 0 radical (unpaired) electrons. The number of rotatable bonds is 5. The van der Waals surface area contributed by atoms with Crippen LogP contribution in [0.4, 0.5) is 0 Å². The van der Waals surface area contributed by atoms with E-state index in [0.717, 1.165) is 0 Å². The summed E-state index contributed by atoms with van der Waals surface area (Å²) in [5.41, 5.74) is 0.0439. The van der Waals surface area contributed by atoms with Gasteiger partial charge in [-0.3, -0.25) is 4.57 Å². The average molecular weight is 294 g/mol. The minimum Gasteiger partial charge on any atom is -0.481 e. The van der Waals surface area contributed by atoms with Gasteiger partial charge in [-0.15, -0.1) is 0 Å². The van der Waals surface area contributed by atoms with Crippen molar-refractivity contribution < 1.29 is 18.6 Å². The van der Waals surface area contributed by atoms with Crippen LogP contribution in [0.15, 0.2) is 36.4 Å². The van der Waals surface area contributed by atoms with Crippen LogP contribution < -0.4 is 20.3 Å². The highest BCUT2D eigenvalue weighted by atomic mass is 31.2. The summed E-state index contributed by atoms with van der Waals surface area (Å²) < 4.78 is 28.4. The molecule has 20 heavy (non-hydrogen) atoms. The number of aromatic nitrogens is 2. The summed E-state index contributed by atoms with van der Waals surface area (Å²) >= 11 is 0. The zero-order valence-electron chi connectivity index (χ0n) is 11.4. The van der Waals surface area contributed by atoms with E-state index >= 15 is 0 Å². The number of nitrogens with zero attached hydrogens (tertiary/aromatic N) is 2. The van der Waals surface area contributed by atoms with E-state index in [0.29, 0.717) is 5.30 Å². The molecule has 0 saturated heterocycles. The Kier molecular flexibility index (Phi) is 4.37. The first kappa shape index (κ1) is 14.5. The molecular weight excluding hydrogens is 279 g/mol. The van der Waals surface area contributed by atoms with Gasteiger partial charge in [0.25, 0.3) is 7.37 Å². The van der Waals surface area contributed by atoms with Gasteiger partial charge >= 0.3 is 0 Å². The lowest BCUT2D eigenvalue weighted by molar-refractivity contribution is 0.371. The Labute approximate surface area is 117 Å². The fourth-order valence-corrected chi connectivity index (χ4v) is 3.29. The summed E-state index contributed by atoms with van der Waals surface area (Å²) in [4.78, 5) is 8.24. The van der Waals surface area contributed by atoms with E-state index in [1.165, 1.54) is 27.4 Å². The molecule has 0 fully saturated rings. The molecule has 1 unspecified atom stereocenters. The molecule has 2 aromatic rings. The van der Waals surface area contributed by atoms with Crippen molar-refractivity contribution in [3.05, 3.63) is 36.4 Å². The van der Waals surface area contributed by atoms with Gasteiger partial charge in [-0.05, 0) is 12.1 Å². The monoisotopic (exact) mass is 294 g/mol. The van der Waals surface area contributed by atoms with E-state index in [9.17, 15) is 4.57 Å². The molecule has 0 aliphatic carbocycles. The van der Waals surface area contributed by atoms with Crippen molar-refractivity contribution in [2.75, 3.05) is 21.3 Å². The number of hydrogen-bond acceptors (Lipinski definition) is 6. The van der Waals surface area contributed by atoms with Crippen LogP contribution in [0.2, 0.25) is 0 Å². The summed E-state index contributed by atoms with van der Waals surface area (Å²) in [6.07, 6.45) is 0. The first-order chi connectivity index (χ1) is 9.63. The predicted molar refractivity (Wildman–Crippen MR) is 75.5 cm³/mol. The van der Waals surface area contributed by atoms with E-state index in [2.05, 4.69) is 9.97 Å². The Balaban J connectivity index is 2.60. The lowest BCUT2D eigenvalue weighted by atomic mass is 10.4. The van der Waals surface area contributed by atoms with Crippen molar-refractivity contribution in [2.24, 2.45) is 0 Å². The summed E-state index contributed by atoms with van der Waals surface area (Å²) in [6, 6.07) is 10.3. The molecule has 1 heterocycles. The van der Waals surface area contributed by atoms with Crippen molar-refractivity contribution in [3.63, 3.8) is 0 Å². The molecule has 7 heteroatoms. The summed E-state index contributed by atoms with van der Waals surface area (Å²) in [6.45, 7) is 0. The number of benzene rings is 1. The Hall–Kier alpha value is -1.91. The van der Waals surface area contributed by atoms with Crippen LogP contribution >= 0.6 is 7.37 Å². The number of ether oxygens (including phenoxy) is 2. The third-order valence-corrected chi connectivity index (χ3v) is 4.92. The minimum atomic E-state index is -3.37. The van der Waals surface area contributed by atoms with Crippen molar-refractivity contribution in [1.29, 1.82) is 0 Å². The standard InChI is InChI=1S/C13H15N2O4P/c1-17-11-9-12(18-2)15-13(14-11)20(16,19-3)10-7-5-4-6-8-10/h4-9H,1-3H3. The van der Waals surface area contributed by atoms with Gasteiger partial charge in [0.05, 0.1) is 20.3 Å². The zero-order valence-corrected chi connectivity index (χ0v) is 12.3. The lowest BCUT2D eigenvalue weighted by Crippen LogP contribution is -2.23. The predicted octanol–water partition coefficient (Wildman–Crippen LogP) is 1.37. The maximum Gasteiger partial charge on any atom is 0.297 e. The van der Waals surface area contributed by atoms with Gasteiger partial charge in [0.2, 0.25) is 17.3 Å². The lowest BCUT2D eigenvalue weighted by Gasteiger charge is -2.16. The first-order valence-corrected chi connectivity index (χ1v) is 7.45. The second-order valence-electron chi connectivity index (χ2n) is 3.82. The SMILES string of the molecule is COc1cc(OC)nc(P(=O)(OC)c2ccccc2)n1. The Morgan fingerprint density at radius 2 is 1.50 bits per heavy atom. The van der Waals surface area contributed by atoms with Gasteiger partial charge in [0.1, 0.15) is 0 Å². The third-order valence-electron chi connectivity index (χ3n) is 2.70. The molecule has 1 aromatic carbocycles. The van der Waals surface area contributed by atoms with Gasteiger partial charge in [-0.25, -0.2) is 0 Å². The van der Waals surface area contributed by atoms with Crippen molar-refractivity contribution >= 4 is 18.2 Å². The molecule has 2 rings (SSSR count). The second-order valence-corrected chi connectivity index (χ2v) is 6.21. The van der Waals surface area contributed by atoms with Gasteiger partial charge in [-0.2, -0.15) is 9.97 Å². The van der Waals surface area contributed by atoms with Crippen LogP contribution in [-0.4, -0.2) is 31.3 Å². The van der Waals surface area contributed by atoms with Crippen molar-refractivity contribution in [2.45, 2.75) is 0 Å². The zero-order chi connectivity index (χ0) is 14.6. The Morgan fingerprint density at radius 1 is 0.950 bits per heavy atom. The molecule has 0 bridgehead atoms. The van der Waals surface area contributed by atoms with E-state index in [1.807, 2.05) is 6.07 Å². The van der Waals surface area contributed by atoms with Crippen molar-refractivity contribution in [1.82, 2.24) is 9.97 Å². The Morgan fingerprint density at radius 3 is 1.95 bits per heavy atom. The van der Waals surface area contributed by atoms with Gasteiger partial charge in [0, 0.05) is 12.4 Å². The van der Waals surface area contributed by atoms with E-state index in [-0.39, 0.29) is 17.3 Å². The van der Waals surface area contributed by atoms with Gasteiger partial charge in [-0.1, -0.05) is 18.2 Å². The smallest absolute Gasteiger partial charge is 0.297 e. The fourth-order valence-electron chi connectivity index (χ4n) is 1.66. The second kappa shape index (κ2) is 6.03. The summed E-state index contributed by atoms with van der Waals surface area (Å²) in [5, 5.41) is 0.512. The average Bonchev–Trinajstić information content (AvgIpc) is 2.54. The minimum absolute atomic E-state index is 0.0439. The molecule has 1 aromatic heterocycles. The highest BCUT2D eigenvalue weighted by Gasteiger charge is 2.32. The molecule has 106 valence electrons. The molecule has 0 spiro atoms. The molecule has 0 amide bonds. The van der Waals surface area contributed by atoms with Crippen LogP contribution in [0, 0.1) is 0 Å². The quantitative estimate of drug-likeness (QED) is 0.776. The van der Waals surface area contributed by atoms with E-state index in [1.54, 1.807) is 24.3 Å². The van der Waals surface area contributed by atoms with E-state index < -0.39 is 7.37 Å². The molecule has 6 nitrogen and oxygen atoms in total. The Bertz CT molecular complexity index is 611. The number of hydrogen-bond donors (Lipinski definition) is 0. The normalized spacial score (nSPS) is 13.6. The topological polar surface area (TPSA) is 70.5 Å². The maximum atomic E-state index is 13.1. The largest absolute Gasteiger partial charge is 0.481 e. The highest BCUT2D eigenvalue weighted by Crippen LogP contribution is 2.42. The molecular formula is C13H15N2O4P. The molecule has 0 aliphatic rings. The van der Waals surface area contributed by atoms with Crippen LogP contribution in [0.25, 0.3) is 0 Å². The molecule has 0 N–H and O–H groups in total. The van der Waals surface area contributed by atoms with Gasteiger partial charge < -0.3 is 14.0 Å². The molecule has 0 saturated carbocycles. The molecule has 0 aliphatic heterocycles. The van der Waals surface area contributed by atoms with Crippen LogP contribution in [0.3, 0.4) is 0 Å². The van der Waals surface area contributed by atoms with Crippen molar-refractivity contribution in [3.8, 4) is 11.8 Å². The van der Waals surface area contributed by atoms with Gasteiger partial charge in [0.15, 0.2) is 0 Å². The third kappa shape index (κ3) is 2.66. The summed E-state index contributed by atoms with van der Waals surface area (Å²) in [7, 11) is 0.925. The number of methoxy groups -OCH3 is 2.